The topological polar surface area (TPSA) is 61.4 Å². The largest absolute Gasteiger partial charge is 0.386 e. The minimum atomic E-state index is -0.791. The molecule has 0 saturated carbocycles. The van der Waals surface area contributed by atoms with Gasteiger partial charge in [-0.25, -0.2) is 4.79 Å². The van der Waals surface area contributed by atoms with Gasteiger partial charge in [0.25, 0.3) is 0 Å². The van der Waals surface area contributed by atoms with Gasteiger partial charge >= 0.3 is 6.03 Å². The minimum Gasteiger partial charge on any atom is -0.386 e. The first-order valence-corrected chi connectivity index (χ1v) is 7.48. The zero-order chi connectivity index (χ0) is 16.1. The Morgan fingerprint density at radius 2 is 1.77 bits per heavy atom. The van der Waals surface area contributed by atoms with E-state index in [0.29, 0.717) is 15.7 Å². The number of carbonyl (C=O) groups is 1. The summed E-state index contributed by atoms with van der Waals surface area (Å²) in [6.45, 7) is 1.73. The second-order valence-corrected chi connectivity index (χ2v) is 5.69. The number of urea groups is 1. The highest BCUT2D eigenvalue weighted by atomic mass is 35.5. The quantitative estimate of drug-likeness (QED) is 0.780. The van der Waals surface area contributed by atoms with Crippen molar-refractivity contribution < 1.29 is 9.90 Å². The average molecular weight is 339 g/mol. The van der Waals surface area contributed by atoms with Crippen molar-refractivity contribution in [2.75, 3.05) is 5.32 Å². The van der Waals surface area contributed by atoms with Gasteiger partial charge in [0.15, 0.2) is 0 Å². The Bertz CT molecular complexity index is 650. The van der Waals surface area contributed by atoms with Crippen molar-refractivity contribution in [1.29, 1.82) is 0 Å². The first kappa shape index (κ1) is 16.6. The van der Waals surface area contributed by atoms with Crippen molar-refractivity contribution in [3.8, 4) is 0 Å². The van der Waals surface area contributed by atoms with Gasteiger partial charge in [-0.3, -0.25) is 0 Å². The predicted octanol–water partition coefficient (Wildman–Crippen LogP) is 4.24. The number of aliphatic hydroxyl groups is 1. The van der Waals surface area contributed by atoms with Crippen LogP contribution in [-0.4, -0.2) is 17.2 Å². The van der Waals surface area contributed by atoms with E-state index >= 15 is 0 Å². The normalized spacial score (nSPS) is 13.3. The Morgan fingerprint density at radius 1 is 1.09 bits per heavy atom. The van der Waals surface area contributed by atoms with Gasteiger partial charge in [0.05, 0.1) is 22.2 Å². The van der Waals surface area contributed by atoms with Crippen LogP contribution in [0.15, 0.2) is 48.5 Å². The third-order valence-electron chi connectivity index (χ3n) is 3.15. The molecule has 0 aliphatic carbocycles. The maximum atomic E-state index is 11.9. The molecule has 2 atom stereocenters. The Kier molecular flexibility index (Phi) is 5.66. The molecule has 0 aliphatic rings. The molecule has 116 valence electrons. The van der Waals surface area contributed by atoms with Crippen molar-refractivity contribution in [3.63, 3.8) is 0 Å². The standard InChI is InChI=1S/C16H16Cl2N2O2/c1-10(15(21)11-5-3-2-4-6-11)19-16(22)20-12-7-8-13(17)14(18)9-12/h2-10,15,21H,1H3,(H2,19,20,22). The fraction of sp³-hybridized carbons (Fsp3) is 0.188. The van der Waals surface area contributed by atoms with Crippen molar-refractivity contribution in [2.45, 2.75) is 19.1 Å². The molecular weight excluding hydrogens is 323 g/mol. The maximum absolute atomic E-state index is 11.9. The van der Waals surface area contributed by atoms with E-state index in [9.17, 15) is 9.90 Å². The molecule has 3 N–H and O–H groups in total. The zero-order valence-corrected chi connectivity index (χ0v) is 13.4. The Labute approximate surface area is 139 Å². The van der Waals surface area contributed by atoms with Gasteiger partial charge in [-0.05, 0) is 30.7 Å². The predicted molar refractivity (Wildman–Crippen MR) is 89.5 cm³/mol. The van der Waals surface area contributed by atoms with Crippen LogP contribution in [0.5, 0.6) is 0 Å². The van der Waals surface area contributed by atoms with E-state index in [2.05, 4.69) is 10.6 Å². The van der Waals surface area contributed by atoms with Crippen LogP contribution in [0.25, 0.3) is 0 Å². The van der Waals surface area contributed by atoms with E-state index in [1.807, 2.05) is 18.2 Å². The summed E-state index contributed by atoms with van der Waals surface area (Å²) in [7, 11) is 0. The molecule has 2 aromatic rings. The van der Waals surface area contributed by atoms with Crippen molar-refractivity contribution >= 4 is 34.9 Å². The summed E-state index contributed by atoms with van der Waals surface area (Å²) in [5.41, 5.74) is 1.26. The van der Waals surface area contributed by atoms with Crippen LogP contribution in [-0.2, 0) is 0 Å². The fourth-order valence-electron chi connectivity index (χ4n) is 1.97. The SMILES string of the molecule is CC(NC(=O)Nc1ccc(Cl)c(Cl)c1)C(O)c1ccccc1. The summed E-state index contributed by atoms with van der Waals surface area (Å²) in [6.07, 6.45) is -0.791. The molecule has 2 rings (SSSR count). The van der Waals surface area contributed by atoms with Gasteiger partial charge in [0.2, 0.25) is 0 Å². The molecule has 2 unspecified atom stereocenters. The lowest BCUT2D eigenvalue weighted by Crippen LogP contribution is -2.39. The molecule has 0 bridgehead atoms. The minimum absolute atomic E-state index is 0.358. The van der Waals surface area contributed by atoms with Crippen LogP contribution in [0, 0.1) is 0 Å². The first-order chi connectivity index (χ1) is 10.5. The summed E-state index contributed by atoms with van der Waals surface area (Å²) >= 11 is 11.7. The number of benzene rings is 2. The van der Waals surface area contributed by atoms with Crippen LogP contribution in [0.1, 0.15) is 18.6 Å². The van der Waals surface area contributed by atoms with Crippen LogP contribution >= 0.6 is 23.2 Å². The van der Waals surface area contributed by atoms with E-state index in [4.69, 9.17) is 23.2 Å². The number of halogens is 2. The number of anilines is 1. The van der Waals surface area contributed by atoms with Crippen LogP contribution in [0.2, 0.25) is 10.0 Å². The fourth-order valence-corrected chi connectivity index (χ4v) is 2.26. The summed E-state index contributed by atoms with van der Waals surface area (Å²) in [4.78, 5) is 11.9. The molecule has 0 heterocycles. The molecule has 0 aliphatic heterocycles. The number of hydrogen-bond donors (Lipinski definition) is 3. The first-order valence-electron chi connectivity index (χ1n) is 6.73. The van der Waals surface area contributed by atoms with E-state index in [1.54, 1.807) is 37.3 Å². The van der Waals surface area contributed by atoms with Crippen molar-refractivity contribution in [3.05, 3.63) is 64.1 Å². The summed E-state index contributed by atoms with van der Waals surface area (Å²) in [5, 5.41) is 16.3. The second kappa shape index (κ2) is 7.49. The van der Waals surface area contributed by atoms with Crippen LogP contribution in [0.3, 0.4) is 0 Å². The monoisotopic (exact) mass is 338 g/mol. The molecule has 2 aromatic carbocycles. The highest BCUT2D eigenvalue weighted by molar-refractivity contribution is 6.42. The highest BCUT2D eigenvalue weighted by Crippen LogP contribution is 2.25. The lowest BCUT2D eigenvalue weighted by molar-refractivity contribution is 0.139. The zero-order valence-electron chi connectivity index (χ0n) is 11.9. The summed E-state index contributed by atoms with van der Waals surface area (Å²) in [6, 6.07) is 13.1. The van der Waals surface area contributed by atoms with Crippen LogP contribution < -0.4 is 10.6 Å². The summed E-state index contributed by atoms with van der Waals surface area (Å²) in [5.74, 6) is 0. The molecular formula is C16H16Cl2N2O2. The van der Waals surface area contributed by atoms with Gasteiger partial charge < -0.3 is 15.7 Å². The Hall–Kier alpha value is -1.75. The van der Waals surface area contributed by atoms with E-state index in [0.717, 1.165) is 5.56 Å². The molecule has 0 spiro atoms. The molecule has 2 amide bonds. The molecule has 0 saturated heterocycles. The third kappa shape index (κ3) is 4.37. The lowest BCUT2D eigenvalue weighted by Gasteiger charge is -2.21. The highest BCUT2D eigenvalue weighted by Gasteiger charge is 2.18. The Morgan fingerprint density at radius 3 is 2.41 bits per heavy atom. The smallest absolute Gasteiger partial charge is 0.319 e. The van der Waals surface area contributed by atoms with E-state index < -0.39 is 18.2 Å². The van der Waals surface area contributed by atoms with Gasteiger partial charge in [0, 0.05) is 5.69 Å². The Balaban J connectivity index is 1.95. The van der Waals surface area contributed by atoms with E-state index in [-0.39, 0.29) is 0 Å². The molecule has 22 heavy (non-hydrogen) atoms. The molecule has 6 heteroatoms. The van der Waals surface area contributed by atoms with E-state index in [1.165, 1.54) is 0 Å². The number of rotatable bonds is 4. The maximum Gasteiger partial charge on any atom is 0.319 e. The molecule has 0 radical (unpaired) electrons. The molecule has 0 fully saturated rings. The van der Waals surface area contributed by atoms with Gasteiger partial charge in [-0.2, -0.15) is 0 Å². The number of carbonyl (C=O) groups excluding carboxylic acids is 1. The molecule has 0 aromatic heterocycles. The van der Waals surface area contributed by atoms with Gasteiger partial charge in [-0.1, -0.05) is 53.5 Å². The number of amides is 2. The number of aliphatic hydroxyl groups excluding tert-OH is 1. The average Bonchev–Trinajstić information content (AvgIpc) is 2.51. The van der Waals surface area contributed by atoms with Crippen molar-refractivity contribution in [2.24, 2.45) is 0 Å². The van der Waals surface area contributed by atoms with Gasteiger partial charge in [-0.15, -0.1) is 0 Å². The third-order valence-corrected chi connectivity index (χ3v) is 3.89. The van der Waals surface area contributed by atoms with Crippen molar-refractivity contribution in [1.82, 2.24) is 5.32 Å². The lowest BCUT2D eigenvalue weighted by atomic mass is 10.0. The molecule has 4 nitrogen and oxygen atoms in total. The van der Waals surface area contributed by atoms with Crippen LogP contribution in [0.4, 0.5) is 10.5 Å². The summed E-state index contributed by atoms with van der Waals surface area (Å²) < 4.78 is 0. The van der Waals surface area contributed by atoms with Gasteiger partial charge in [0.1, 0.15) is 0 Å². The number of hydrogen-bond acceptors (Lipinski definition) is 2. The number of nitrogens with one attached hydrogen (secondary N) is 2. The second-order valence-electron chi connectivity index (χ2n) is 4.87.